The average molecular weight is 215 g/mol. The summed E-state index contributed by atoms with van der Waals surface area (Å²) in [4.78, 5) is 11.2. The molecule has 0 aliphatic heterocycles. The molecule has 0 atom stereocenters. The van der Waals surface area contributed by atoms with E-state index in [0.29, 0.717) is 19.0 Å². The summed E-state index contributed by atoms with van der Waals surface area (Å²) in [6.07, 6.45) is 5.41. The second-order valence-electron chi connectivity index (χ2n) is 4.13. The van der Waals surface area contributed by atoms with Gasteiger partial charge in [0.1, 0.15) is 0 Å². The fourth-order valence-corrected chi connectivity index (χ4v) is 1.86. The average Bonchev–Trinajstić information content (AvgIpc) is 2.25. The van der Waals surface area contributed by atoms with Crippen LogP contribution in [0.4, 0.5) is 0 Å². The summed E-state index contributed by atoms with van der Waals surface area (Å²) >= 11 is 0. The SMILES string of the molecule is CC.CC1CCC(NC(=O)CC[NH3+])CC1. The Bertz CT molecular complexity index is 163. The summed E-state index contributed by atoms with van der Waals surface area (Å²) in [5.41, 5.74) is 3.67. The van der Waals surface area contributed by atoms with Gasteiger partial charge in [-0.25, -0.2) is 0 Å². The van der Waals surface area contributed by atoms with Gasteiger partial charge in [-0.2, -0.15) is 0 Å². The van der Waals surface area contributed by atoms with Gasteiger partial charge in [-0.1, -0.05) is 20.8 Å². The molecule has 0 unspecified atom stereocenters. The highest BCUT2D eigenvalue weighted by Gasteiger charge is 2.19. The molecule has 0 spiro atoms. The number of carbonyl (C=O) groups excluding carboxylic acids is 1. The molecule has 1 fully saturated rings. The van der Waals surface area contributed by atoms with Crippen molar-refractivity contribution in [2.75, 3.05) is 6.54 Å². The third-order valence-corrected chi connectivity index (χ3v) is 2.78. The van der Waals surface area contributed by atoms with Crippen LogP contribution in [0.5, 0.6) is 0 Å². The first-order valence-corrected chi connectivity index (χ1v) is 6.31. The molecule has 90 valence electrons. The number of amides is 1. The highest BCUT2D eigenvalue weighted by atomic mass is 16.1. The minimum absolute atomic E-state index is 0.176. The Hall–Kier alpha value is -0.570. The summed E-state index contributed by atoms with van der Waals surface area (Å²) in [6.45, 7) is 6.99. The van der Waals surface area contributed by atoms with Gasteiger partial charge in [-0.15, -0.1) is 0 Å². The van der Waals surface area contributed by atoms with Crippen LogP contribution in [0.2, 0.25) is 0 Å². The summed E-state index contributed by atoms with van der Waals surface area (Å²) in [5, 5.41) is 3.06. The first-order valence-electron chi connectivity index (χ1n) is 6.31. The van der Waals surface area contributed by atoms with E-state index in [0.717, 1.165) is 18.8 Å². The number of hydrogen-bond acceptors (Lipinski definition) is 1. The van der Waals surface area contributed by atoms with Crippen molar-refractivity contribution in [3.63, 3.8) is 0 Å². The highest BCUT2D eigenvalue weighted by molar-refractivity contribution is 5.76. The van der Waals surface area contributed by atoms with Crippen molar-refractivity contribution in [3.05, 3.63) is 0 Å². The zero-order chi connectivity index (χ0) is 11.7. The standard InChI is InChI=1S/C10H20N2O.C2H6/c1-8-2-4-9(5-3-8)12-10(13)6-7-11;1-2/h8-9H,2-7,11H2,1H3,(H,12,13);1-2H3/p+1. The van der Waals surface area contributed by atoms with Gasteiger partial charge < -0.3 is 11.1 Å². The molecule has 0 bridgehead atoms. The van der Waals surface area contributed by atoms with Gasteiger partial charge in [-0.05, 0) is 31.6 Å². The number of hydrogen-bond donors (Lipinski definition) is 2. The summed E-state index contributed by atoms with van der Waals surface area (Å²) in [7, 11) is 0. The minimum Gasteiger partial charge on any atom is -0.357 e. The van der Waals surface area contributed by atoms with Gasteiger partial charge in [0.05, 0.1) is 13.0 Å². The molecule has 0 radical (unpaired) electrons. The van der Waals surface area contributed by atoms with E-state index >= 15 is 0 Å². The predicted octanol–water partition coefficient (Wildman–Crippen LogP) is 1.34. The van der Waals surface area contributed by atoms with E-state index in [-0.39, 0.29) is 5.91 Å². The van der Waals surface area contributed by atoms with Gasteiger partial charge in [0, 0.05) is 6.04 Å². The Morgan fingerprint density at radius 2 is 1.80 bits per heavy atom. The summed E-state index contributed by atoms with van der Waals surface area (Å²) < 4.78 is 0. The van der Waals surface area contributed by atoms with Crippen LogP contribution in [0, 0.1) is 5.92 Å². The molecule has 1 amide bonds. The zero-order valence-electron chi connectivity index (χ0n) is 10.5. The molecule has 1 aliphatic rings. The van der Waals surface area contributed by atoms with Crippen LogP contribution in [0.15, 0.2) is 0 Å². The van der Waals surface area contributed by atoms with Gasteiger partial charge in [0.2, 0.25) is 5.91 Å². The Kier molecular flexibility index (Phi) is 8.38. The summed E-state index contributed by atoms with van der Waals surface area (Å²) in [5.74, 6) is 1.02. The molecule has 1 saturated carbocycles. The lowest BCUT2D eigenvalue weighted by molar-refractivity contribution is -0.366. The van der Waals surface area contributed by atoms with Crippen LogP contribution in [-0.4, -0.2) is 18.5 Å². The number of nitrogens with one attached hydrogen (secondary N) is 1. The van der Waals surface area contributed by atoms with Crippen molar-refractivity contribution in [2.24, 2.45) is 5.92 Å². The third kappa shape index (κ3) is 6.50. The van der Waals surface area contributed by atoms with E-state index in [1.165, 1.54) is 12.8 Å². The fraction of sp³-hybridized carbons (Fsp3) is 0.917. The molecule has 0 heterocycles. The van der Waals surface area contributed by atoms with Crippen LogP contribution < -0.4 is 11.1 Å². The van der Waals surface area contributed by atoms with Crippen molar-refractivity contribution >= 4 is 5.91 Å². The van der Waals surface area contributed by atoms with E-state index in [2.05, 4.69) is 18.0 Å². The van der Waals surface area contributed by atoms with Gasteiger partial charge in [-0.3, -0.25) is 4.79 Å². The molecule has 0 aromatic rings. The maximum atomic E-state index is 11.2. The van der Waals surface area contributed by atoms with Crippen LogP contribution in [0.3, 0.4) is 0 Å². The van der Waals surface area contributed by atoms with E-state index in [4.69, 9.17) is 0 Å². The third-order valence-electron chi connectivity index (χ3n) is 2.78. The molecule has 1 rings (SSSR count). The Balaban J connectivity index is 0.000000921. The van der Waals surface area contributed by atoms with Crippen LogP contribution in [0.25, 0.3) is 0 Å². The first kappa shape index (κ1) is 14.4. The minimum atomic E-state index is 0.176. The lowest BCUT2D eigenvalue weighted by Gasteiger charge is -2.26. The maximum Gasteiger partial charge on any atom is 0.225 e. The Morgan fingerprint density at radius 3 is 2.27 bits per heavy atom. The largest absolute Gasteiger partial charge is 0.357 e. The predicted molar refractivity (Wildman–Crippen MR) is 63.3 cm³/mol. The number of carbonyl (C=O) groups is 1. The molecule has 0 aromatic carbocycles. The molecular weight excluding hydrogens is 188 g/mol. The first-order chi connectivity index (χ1) is 7.22. The summed E-state index contributed by atoms with van der Waals surface area (Å²) in [6, 6.07) is 0.440. The van der Waals surface area contributed by atoms with Crippen LogP contribution in [0.1, 0.15) is 52.9 Å². The molecule has 3 nitrogen and oxygen atoms in total. The molecule has 0 aromatic heterocycles. The fourth-order valence-electron chi connectivity index (χ4n) is 1.86. The molecular formula is C12H27N2O+. The van der Waals surface area contributed by atoms with Crippen molar-refractivity contribution in [1.82, 2.24) is 5.32 Å². The number of quaternary nitrogens is 1. The lowest BCUT2D eigenvalue weighted by atomic mass is 9.87. The highest BCUT2D eigenvalue weighted by Crippen LogP contribution is 2.23. The van der Waals surface area contributed by atoms with Crippen molar-refractivity contribution in [3.8, 4) is 0 Å². The second-order valence-corrected chi connectivity index (χ2v) is 4.13. The Morgan fingerprint density at radius 1 is 1.27 bits per heavy atom. The zero-order valence-corrected chi connectivity index (χ0v) is 10.5. The normalized spacial score (nSPS) is 25.1. The molecule has 4 N–H and O–H groups in total. The lowest BCUT2D eigenvalue weighted by Crippen LogP contribution is -2.52. The monoisotopic (exact) mass is 215 g/mol. The second kappa shape index (κ2) is 8.72. The van der Waals surface area contributed by atoms with Gasteiger partial charge in [0.15, 0.2) is 0 Å². The molecule has 15 heavy (non-hydrogen) atoms. The van der Waals surface area contributed by atoms with Gasteiger partial charge >= 0.3 is 0 Å². The maximum absolute atomic E-state index is 11.2. The van der Waals surface area contributed by atoms with Crippen LogP contribution in [-0.2, 0) is 4.79 Å². The number of rotatable bonds is 3. The van der Waals surface area contributed by atoms with E-state index in [1.54, 1.807) is 0 Å². The van der Waals surface area contributed by atoms with Crippen molar-refractivity contribution < 1.29 is 10.5 Å². The quantitative estimate of drug-likeness (QED) is 0.733. The molecule has 1 aliphatic carbocycles. The molecule has 3 heteroatoms. The Labute approximate surface area is 93.8 Å². The topological polar surface area (TPSA) is 56.7 Å². The van der Waals surface area contributed by atoms with E-state index in [1.807, 2.05) is 13.8 Å². The molecule has 0 saturated heterocycles. The van der Waals surface area contributed by atoms with Crippen molar-refractivity contribution in [1.29, 1.82) is 0 Å². The van der Waals surface area contributed by atoms with Gasteiger partial charge in [0.25, 0.3) is 0 Å². The van der Waals surface area contributed by atoms with E-state index < -0.39 is 0 Å². The van der Waals surface area contributed by atoms with Crippen LogP contribution >= 0.6 is 0 Å². The van der Waals surface area contributed by atoms with Crippen molar-refractivity contribution in [2.45, 2.75) is 58.9 Å². The smallest absolute Gasteiger partial charge is 0.225 e. The van der Waals surface area contributed by atoms with E-state index in [9.17, 15) is 4.79 Å².